The Labute approximate surface area is 115 Å². The highest BCUT2D eigenvalue weighted by Crippen LogP contribution is 2.46. The molecule has 0 amide bonds. The van der Waals surface area contributed by atoms with Crippen LogP contribution in [0.1, 0.15) is 23.7 Å². The minimum absolute atomic E-state index is 0.395. The fraction of sp³-hybridized carbons (Fsp3) is 0.200. The standard InChI is InChI=1S/C15H10N2O3/c16-9-15(10-17)13(12-7-4-8-18-12)19-14(20-15)11-5-2-1-3-6-11/h1-8,13-14H/t13-,14-/m0/s1. The zero-order chi connectivity index (χ0) is 14.0. The fourth-order valence-electron chi connectivity index (χ4n) is 2.14. The van der Waals surface area contributed by atoms with Crippen LogP contribution in [-0.2, 0) is 9.47 Å². The first kappa shape index (κ1) is 12.4. The number of ether oxygens (including phenoxy) is 2. The van der Waals surface area contributed by atoms with Crippen LogP contribution in [-0.4, -0.2) is 5.60 Å². The third-order valence-corrected chi connectivity index (χ3v) is 3.13. The summed E-state index contributed by atoms with van der Waals surface area (Å²) < 4.78 is 16.5. The first-order valence-electron chi connectivity index (χ1n) is 6.03. The van der Waals surface area contributed by atoms with E-state index in [1.165, 1.54) is 6.26 Å². The second-order valence-electron chi connectivity index (χ2n) is 4.35. The van der Waals surface area contributed by atoms with Crippen LogP contribution >= 0.6 is 0 Å². The molecule has 5 nitrogen and oxygen atoms in total. The molecule has 0 saturated carbocycles. The van der Waals surface area contributed by atoms with E-state index >= 15 is 0 Å². The molecule has 3 rings (SSSR count). The van der Waals surface area contributed by atoms with E-state index in [9.17, 15) is 10.5 Å². The van der Waals surface area contributed by atoms with Gasteiger partial charge in [0, 0.05) is 5.56 Å². The van der Waals surface area contributed by atoms with E-state index in [0.717, 1.165) is 5.56 Å². The van der Waals surface area contributed by atoms with Crippen LogP contribution in [0.5, 0.6) is 0 Å². The third kappa shape index (κ3) is 1.86. The van der Waals surface area contributed by atoms with Crippen LogP contribution in [0, 0.1) is 22.7 Å². The van der Waals surface area contributed by atoms with Gasteiger partial charge in [0.05, 0.1) is 6.26 Å². The second kappa shape index (κ2) is 4.82. The molecule has 1 aliphatic heterocycles. The van der Waals surface area contributed by atoms with E-state index in [4.69, 9.17) is 13.9 Å². The highest BCUT2D eigenvalue weighted by atomic mass is 16.7. The number of hydrogen-bond donors (Lipinski definition) is 0. The zero-order valence-electron chi connectivity index (χ0n) is 10.4. The van der Waals surface area contributed by atoms with E-state index in [1.807, 2.05) is 42.5 Å². The molecule has 0 bridgehead atoms. The number of benzene rings is 1. The molecule has 98 valence electrons. The van der Waals surface area contributed by atoms with Crippen molar-refractivity contribution < 1.29 is 13.9 Å². The molecule has 0 unspecified atom stereocenters. The van der Waals surface area contributed by atoms with E-state index < -0.39 is 18.0 Å². The number of rotatable bonds is 2. The van der Waals surface area contributed by atoms with Gasteiger partial charge in [-0.1, -0.05) is 30.3 Å². The smallest absolute Gasteiger partial charge is 0.277 e. The van der Waals surface area contributed by atoms with Gasteiger partial charge in [-0.15, -0.1) is 0 Å². The summed E-state index contributed by atoms with van der Waals surface area (Å²) in [5, 5.41) is 18.7. The molecule has 5 heteroatoms. The van der Waals surface area contributed by atoms with E-state index in [1.54, 1.807) is 12.1 Å². The number of nitriles is 2. The van der Waals surface area contributed by atoms with Gasteiger partial charge >= 0.3 is 0 Å². The summed E-state index contributed by atoms with van der Waals surface area (Å²) in [7, 11) is 0. The van der Waals surface area contributed by atoms with E-state index in [-0.39, 0.29) is 0 Å². The summed E-state index contributed by atoms with van der Waals surface area (Å²) in [5.74, 6) is 0.395. The van der Waals surface area contributed by atoms with Crippen molar-refractivity contribution in [1.82, 2.24) is 0 Å². The van der Waals surface area contributed by atoms with Crippen molar-refractivity contribution in [2.45, 2.75) is 18.0 Å². The third-order valence-electron chi connectivity index (χ3n) is 3.13. The van der Waals surface area contributed by atoms with Gasteiger partial charge in [0.15, 0.2) is 12.4 Å². The van der Waals surface area contributed by atoms with Gasteiger partial charge in [0.1, 0.15) is 17.9 Å². The quantitative estimate of drug-likeness (QED) is 0.835. The fourth-order valence-corrected chi connectivity index (χ4v) is 2.14. The average Bonchev–Trinajstić information content (AvgIpc) is 3.15. The van der Waals surface area contributed by atoms with Crippen molar-refractivity contribution in [3.05, 3.63) is 60.1 Å². The topological polar surface area (TPSA) is 79.2 Å². The molecule has 2 heterocycles. The molecule has 1 aliphatic rings. The molecule has 0 aliphatic carbocycles. The van der Waals surface area contributed by atoms with Crippen molar-refractivity contribution >= 4 is 0 Å². The largest absolute Gasteiger partial charge is 0.466 e. The first-order valence-corrected chi connectivity index (χ1v) is 6.03. The van der Waals surface area contributed by atoms with Gasteiger partial charge in [-0.3, -0.25) is 0 Å². The van der Waals surface area contributed by atoms with Crippen LogP contribution in [0.3, 0.4) is 0 Å². The van der Waals surface area contributed by atoms with Crippen LogP contribution < -0.4 is 0 Å². The molecule has 2 atom stereocenters. The lowest BCUT2D eigenvalue weighted by Crippen LogP contribution is -2.30. The van der Waals surface area contributed by atoms with Crippen molar-refractivity contribution in [1.29, 1.82) is 10.5 Å². The van der Waals surface area contributed by atoms with Crippen LogP contribution in [0.2, 0.25) is 0 Å². The highest BCUT2D eigenvalue weighted by molar-refractivity contribution is 5.30. The Kier molecular flexibility index (Phi) is 3.00. The maximum absolute atomic E-state index is 9.33. The van der Waals surface area contributed by atoms with Crippen LogP contribution in [0.4, 0.5) is 0 Å². The summed E-state index contributed by atoms with van der Waals surface area (Å²) in [4.78, 5) is 0. The Morgan fingerprint density at radius 2 is 1.75 bits per heavy atom. The van der Waals surface area contributed by atoms with Gasteiger partial charge in [0.25, 0.3) is 5.60 Å². The van der Waals surface area contributed by atoms with Gasteiger partial charge < -0.3 is 13.9 Å². The Morgan fingerprint density at radius 3 is 2.35 bits per heavy atom. The minimum atomic E-state index is -1.71. The number of hydrogen-bond acceptors (Lipinski definition) is 5. The number of furan rings is 1. The molecule has 0 spiro atoms. The van der Waals surface area contributed by atoms with Crippen molar-refractivity contribution in [3.8, 4) is 12.1 Å². The monoisotopic (exact) mass is 266 g/mol. The Hall–Kier alpha value is -2.60. The molecular formula is C15H10N2O3. The molecule has 1 aromatic carbocycles. The zero-order valence-corrected chi connectivity index (χ0v) is 10.4. The molecule has 1 saturated heterocycles. The molecule has 1 fully saturated rings. The van der Waals surface area contributed by atoms with Gasteiger partial charge in [0.2, 0.25) is 0 Å². The molecule has 0 N–H and O–H groups in total. The molecular weight excluding hydrogens is 256 g/mol. The lowest BCUT2D eigenvalue weighted by atomic mass is 9.99. The van der Waals surface area contributed by atoms with Gasteiger partial charge in [-0.05, 0) is 12.1 Å². The normalized spacial score (nSPS) is 23.9. The van der Waals surface area contributed by atoms with Crippen LogP contribution in [0.25, 0.3) is 0 Å². The predicted molar refractivity (Wildman–Crippen MR) is 66.8 cm³/mol. The van der Waals surface area contributed by atoms with Crippen molar-refractivity contribution in [2.75, 3.05) is 0 Å². The molecule has 0 radical (unpaired) electrons. The summed E-state index contributed by atoms with van der Waals surface area (Å²) in [5.41, 5.74) is -0.963. The summed E-state index contributed by atoms with van der Waals surface area (Å²) in [6.07, 6.45) is -0.183. The SMILES string of the molecule is N#CC1(C#N)O[C@@H](c2ccccc2)O[C@H]1c1ccco1. The Balaban J connectivity index is 1.99. The maximum Gasteiger partial charge on any atom is 0.277 e. The second-order valence-corrected chi connectivity index (χ2v) is 4.35. The van der Waals surface area contributed by atoms with Crippen LogP contribution in [0.15, 0.2) is 53.1 Å². The maximum atomic E-state index is 9.33. The Morgan fingerprint density at radius 1 is 1.00 bits per heavy atom. The van der Waals surface area contributed by atoms with E-state index in [0.29, 0.717) is 5.76 Å². The Bertz CT molecular complexity index is 653. The predicted octanol–water partition coefficient (Wildman–Crippen LogP) is 2.85. The van der Waals surface area contributed by atoms with Gasteiger partial charge in [-0.25, -0.2) is 0 Å². The molecule has 2 aromatic rings. The summed E-state index contributed by atoms with van der Waals surface area (Å²) in [6, 6.07) is 16.3. The van der Waals surface area contributed by atoms with Crippen molar-refractivity contribution in [2.24, 2.45) is 0 Å². The lowest BCUT2D eigenvalue weighted by Gasteiger charge is -2.15. The van der Waals surface area contributed by atoms with E-state index in [2.05, 4.69) is 0 Å². The first-order chi connectivity index (χ1) is 9.79. The molecule has 20 heavy (non-hydrogen) atoms. The summed E-state index contributed by atoms with van der Waals surface area (Å²) in [6.45, 7) is 0. The number of nitrogens with zero attached hydrogens (tertiary/aromatic N) is 2. The average molecular weight is 266 g/mol. The highest BCUT2D eigenvalue weighted by Gasteiger charge is 2.54. The summed E-state index contributed by atoms with van der Waals surface area (Å²) >= 11 is 0. The molecule has 1 aromatic heterocycles. The lowest BCUT2D eigenvalue weighted by molar-refractivity contribution is -0.0734. The van der Waals surface area contributed by atoms with Gasteiger partial charge in [-0.2, -0.15) is 10.5 Å². The van der Waals surface area contributed by atoms with Crippen molar-refractivity contribution in [3.63, 3.8) is 0 Å². The minimum Gasteiger partial charge on any atom is -0.466 e.